The molecule has 0 unspecified atom stereocenters. The summed E-state index contributed by atoms with van der Waals surface area (Å²) in [5, 5.41) is 10.2. The summed E-state index contributed by atoms with van der Waals surface area (Å²) in [5.74, 6) is 2.09. The van der Waals surface area contributed by atoms with E-state index in [9.17, 15) is 5.11 Å². The fraction of sp³-hybridized carbons (Fsp3) is 0.571. The lowest BCUT2D eigenvalue weighted by Gasteiger charge is -2.07. The Morgan fingerprint density at radius 1 is 1.00 bits per heavy atom. The molecule has 0 fully saturated rings. The quantitative estimate of drug-likeness (QED) is 0.170. The molecule has 0 aliphatic rings. The van der Waals surface area contributed by atoms with Gasteiger partial charge in [-0.2, -0.15) is 0 Å². The van der Waals surface area contributed by atoms with E-state index in [1.165, 1.54) is 44.9 Å². The molecular weight excluding hydrogens is 348 g/mol. The summed E-state index contributed by atoms with van der Waals surface area (Å²) in [6.45, 7) is 5.16. The maximum atomic E-state index is 10.2. The van der Waals surface area contributed by atoms with Crippen LogP contribution in [0.5, 0.6) is 5.75 Å². The van der Waals surface area contributed by atoms with Crippen molar-refractivity contribution in [3.05, 3.63) is 35.9 Å². The van der Waals surface area contributed by atoms with Crippen molar-refractivity contribution in [2.24, 2.45) is 0 Å². The Hall–Kier alpha value is -1.00. The van der Waals surface area contributed by atoms with E-state index in [1.807, 2.05) is 24.3 Å². The van der Waals surface area contributed by atoms with Crippen molar-refractivity contribution in [2.75, 3.05) is 12.4 Å². The first-order chi connectivity index (χ1) is 12.2. The maximum absolute atomic E-state index is 10.2. The SMILES string of the molecule is CCCCCCOc1ccc(/C(O)=C/C(=S)SCCCCCC)cc1. The lowest BCUT2D eigenvalue weighted by Crippen LogP contribution is -1.97. The first-order valence-electron chi connectivity index (χ1n) is 9.48. The van der Waals surface area contributed by atoms with Crippen molar-refractivity contribution in [2.45, 2.75) is 65.2 Å². The van der Waals surface area contributed by atoms with Gasteiger partial charge in [0.15, 0.2) is 0 Å². The van der Waals surface area contributed by atoms with Crippen molar-refractivity contribution in [1.29, 1.82) is 0 Å². The summed E-state index contributed by atoms with van der Waals surface area (Å²) < 4.78 is 6.46. The molecule has 1 aromatic rings. The first-order valence-corrected chi connectivity index (χ1v) is 10.9. The van der Waals surface area contributed by atoms with Gasteiger partial charge in [-0.15, -0.1) is 11.8 Å². The van der Waals surface area contributed by atoms with Crippen molar-refractivity contribution >= 4 is 33.9 Å². The molecule has 4 heteroatoms. The van der Waals surface area contributed by atoms with Gasteiger partial charge in [-0.05, 0) is 42.9 Å². The predicted molar refractivity (Wildman–Crippen MR) is 116 cm³/mol. The third-order valence-electron chi connectivity index (χ3n) is 3.91. The Labute approximate surface area is 163 Å². The minimum atomic E-state index is 0.223. The standard InChI is InChI=1S/C21H32O2S2/c1-3-5-7-9-15-23-19-13-11-18(12-14-19)20(22)17-21(24)25-16-10-8-6-4-2/h11-14,17,22H,3-10,15-16H2,1-2H3/b20-17-. The molecule has 1 rings (SSSR count). The molecule has 0 heterocycles. The predicted octanol–water partition coefficient (Wildman–Crippen LogP) is 7.19. The number of hydrogen-bond donors (Lipinski definition) is 1. The first kappa shape index (κ1) is 22.0. The number of thioether (sulfide) groups is 1. The second-order valence-corrected chi connectivity index (χ2v) is 8.03. The van der Waals surface area contributed by atoms with E-state index in [4.69, 9.17) is 17.0 Å². The number of unbranched alkanes of at least 4 members (excludes halogenated alkanes) is 6. The highest BCUT2D eigenvalue weighted by atomic mass is 32.2. The molecule has 0 saturated carbocycles. The molecule has 0 aromatic heterocycles. The van der Waals surface area contributed by atoms with Gasteiger partial charge >= 0.3 is 0 Å². The van der Waals surface area contributed by atoms with Crippen LogP contribution in [0.3, 0.4) is 0 Å². The molecule has 0 aliphatic carbocycles. The number of aliphatic hydroxyl groups excluding tert-OH is 1. The second kappa shape index (κ2) is 14.2. The summed E-state index contributed by atoms with van der Waals surface area (Å²) in [6.07, 6.45) is 11.4. The third-order valence-corrected chi connectivity index (χ3v) is 5.28. The van der Waals surface area contributed by atoms with E-state index in [0.717, 1.165) is 34.3 Å². The largest absolute Gasteiger partial charge is 0.507 e. The van der Waals surface area contributed by atoms with Gasteiger partial charge in [-0.1, -0.05) is 64.6 Å². The summed E-state index contributed by atoms with van der Waals surface area (Å²) >= 11 is 6.97. The Morgan fingerprint density at radius 2 is 1.64 bits per heavy atom. The van der Waals surface area contributed by atoms with Gasteiger partial charge in [0, 0.05) is 11.6 Å². The topological polar surface area (TPSA) is 29.5 Å². The smallest absolute Gasteiger partial charge is 0.124 e. The Bertz CT molecular complexity index is 509. The highest BCUT2D eigenvalue weighted by molar-refractivity contribution is 8.23. The van der Waals surface area contributed by atoms with Gasteiger partial charge in [0.05, 0.1) is 10.8 Å². The molecule has 0 atom stereocenters. The van der Waals surface area contributed by atoms with E-state index in [0.29, 0.717) is 0 Å². The molecule has 0 radical (unpaired) electrons. The zero-order valence-corrected chi connectivity index (χ0v) is 17.3. The Morgan fingerprint density at radius 3 is 2.28 bits per heavy atom. The molecule has 140 valence electrons. The average Bonchev–Trinajstić information content (AvgIpc) is 2.62. The number of thiocarbonyl (C=S) groups is 1. The van der Waals surface area contributed by atoms with Gasteiger partial charge < -0.3 is 9.84 Å². The van der Waals surface area contributed by atoms with Crippen LogP contribution in [0.25, 0.3) is 5.76 Å². The normalized spacial score (nSPS) is 11.5. The van der Waals surface area contributed by atoms with Crippen molar-refractivity contribution in [3.63, 3.8) is 0 Å². The lowest BCUT2D eigenvalue weighted by atomic mass is 10.2. The van der Waals surface area contributed by atoms with E-state index in [-0.39, 0.29) is 5.76 Å². The molecule has 0 saturated heterocycles. The van der Waals surface area contributed by atoms with Crippen LogP contribution in [0.4, 0.5) is 0 Å². The zero-order valence-electron chi connectivity index (χ0n) is 15.6. The minimum Gasteiger partial charge on any atom is -0.507 e. The van der Waals surface area contributed by atoms with Crippen LogP contribution < -0.4 is 4.74 Å². The number of ether oxygens (including phenoxy) is 1. The highest BCUT2D eigenvalue weighted by Crippen LogP contribution is 2.20. The van der Waals surface area contributed by atoms with Crippen LogP contribution in [-0.4, -0.2) is 21.7 Å². The van der Waals surface area contributed by atoms with Gasteiger partial charge in [-0.3, -0.25) is 0 Å². The average molecular weight is 381 g/mol. The van der Waals surface area contributed by atoms with Crippen LogP contribution in [0.2, 0.25) is 0 Å². The summed E-state index contributed by atoms with van der Waals surface area (Å²) in [7, 11) is 0. The zero-order chi connectivity index (χ0) is 18.3. The summed E-state index contributed by atoms with van der Waals surface area (Å²) in [6, 6.07) is 7.56. The number of rotatable bonds is 13. The molecular formula is C21H32O2S2. The molecule has 0 aliphatic heterocycles. The molecule has 0 spiro atoms. The van der Waals surface area contributed by atoms with Gasteiger partial charge in [-0.25, -0.2) is 0 Å². The minimum absolute atomic E-state index is 0.223. The Kier molecular flexibility index (Phi) is 12.5. The van der Waals surface area contributed by atoms with E-state index in [2.05, 4.69) is 13.8 Å². The summed E-state index contributed by atoms with van der Waals surface area (Å²) in [4.78, 5) is 0. The van der Waals surface area contributed by atoms with E-state index >= 15 is 0 Å². The molecule has 0 bridgehead atoms. The number of benzene rings is 1. The van der Waals surface area contributed by atoms with Gasteiger partial charge in [0.2, 0.25) is 0 Å². The fourth-order valence-electron chi connectivity index (χ4n) is 2.38. The fourth-order valence-corrected chi connectivity index (χ4v) is 3.49. The van der Waals surface area contributed by atoms with Crippen LogP contribution in [-0.2, 0) is 0 Å². The monoisotopic (exact) mass is 380 g/mol. The van der Waals surface area contributed by atoms with Crippen molar-refractivity contribution in [3.8, 4) is 5.75 Å². The van der Waals surface area contributed by atoms with E-state index in [1.54, 1.807) is 17.8 Å². The van der Waals surface area contributed by atoms with E-state index < -0.39 is 0 Å². The third kappa shape index (κ3) is 10.6. The highest BCUT2D eigenvalue weighted by Gasteiger charge is 2.03. The summed E-state index contributed by atoms with van der Waals surface area (Å²) in [5.41, 5.74) is 0.771. The van der Waals surface area contributed by atoms with Gasteiger partial charge in [0.1, 0.15) is 11.5 Å². The Balaban J connectivity index is 2.36. The van der Waals surface area contributed by atoms with Crippen molar-refractivity contribution in [1.82, 2.24) is 0 Å². The van der Waals surface area contributed by atoms with Crippen molar-refractivity contribution < 1.29 is 9.84 Å². The second-order valence-electron chi connectivity index (χ2n) is 6.19. The van der Waals surface area contributed by atoms with Gasteiger partial charge in [0.25, 0.3) is 0 Å². The van der Waals surface area contributed by atoms with Crippen LogP contribution in [0.1, 0.15) is 70.8 Å². The van der Waals surface area contributed by atoms with Crippen LogP contribution >= 0.6 is 24.0 Å². The molecule has 1 aromatic carbocycles. The maximum Gasteiger partial charge on any atom is 0.124 e. The molecule has 25 heavy (non-hydrogen) atoms. The van der Waals surface area contributed by atoms with Crippen LogP contribution in [0, 0.1) is 0 Å². The lowest BCUT2D eigenvalue weighted by molar-refractivity contribution is 0.305. The number of aliphatic hydroxyl groups is 1. The van der Waals surface area contributed by atoms with Crippen LogP contribution in [0.15, 0.2) is 30.3 Å². The molecule has 0 amide bonds. The number of hydrogen-bond acceptors (Lipinski definition) is 4. The molecule has 1 N–H and O–H groups in total. The molecule has 2 nitrogen and oxygen atoms in total.